The predicted molar refractivity (Wildman–Crippen MR) is 54.4 cm³/mol. The predicted octanol–water partition coefficient (Wildman–Crippen LogP) is 1.30. The van der Waals surface area contributed by atoms with Crippen LogP contribution in [0.4, 0.5) is 0 Å². The lowest BCUT2D eigenvalue weighted by Gasteiger charge is -2.02. The third-order valence-electron chi connectivity index (χ3n) is 0.730. The molecule has 0 aromatic heterocycles. The van der Waals surface area contributed by atoms with Crippen LogP contribution in [0.3, 0.4) is 0 Å². The molecule has 0 rings (SSSR count). The lowest BCUT2D eigenvalue weighted by Crippen LogP contribution is -2.05. The molecule has 0 spiro atoms. The molecule has 0 bridgehead atoms. The zero-order valence-corrected chi connectivity index (χ0v) is 8.64. The highest BCUT2D eigenvalue weighted by Crippen LogP contribution is 1.84. The molecule has 0 heterocycles. The number of hydrogen-bond donors (Lipinski definition) is 2. The molecule has 1 unspecified atom stereocenters. The number of ether oxygens (including phenoxy) is 1. The molecule has 4 heteroatoms. The number of nitrogens with two attached hydrogens (primary N) is 1. The Bertz CT molecular complexity index is 79.5. The fourth-order valence-corrected chi connectivity index (χ4v) is 0.288. The van der Waals surface area contributed by atoms with Crippen LogP contribution in [-0.2, 0) is 4.74 Å². The van der Waals surface area contributed by atoms with E-state index in [0.717, 1.165) is 6.42 Å². The molecular weight excluding hydrogens is 178 g/mol. The van der Waals surface area contributed by atoms with E-state index in [2.05, 4.69) is 6.58 Å². The van der Waals surface area contributed by atoms with Crippen LogP contribution in [0.15, 0.2) is 12.7 Å². The summed E-state index contributed by atoms with van der Waals surface area (Å²) >= 11 is 0. The topological polar surface area (TPSA) is 55.5 Å². The number of aliphatic hydroxyl groups is 1. The number of rotatable bonds is 4. The number of hydrogen-bond acceptors (Lipinski definition) is 3. The molecule has 0 amide bonds. The molecule has 0 aromatic rings. The molecule has 3 nitrogen and oxygen atoms in total. The fourth-order valence-electron chi connectivity index (χ4n) is 0.288. The quantitative estimate of drug-likeness (QED) is 0.528. The first-order valence-corrected chi connectivity index (χ1v) is 3.79. The maximum Gasteiger partial charge on any atom is 0.151 e. The van der Waals surface area contributed by atoms with Crippen LogP contribution in [0.5, 0.6) is 0 Å². The summed E-state index contributed by atoms with van der Waals surface area (Å²) in [6.07, 6.45) is 2.02. The van der Waals surface area contributed by atoms with Crippen molar-refractivity contribution < 1.29 is 9.84 Å². The smallest absolute Gasteiger partial charge is 0.151 e. The van der Waals surface area contributed by atoms with Gasteiger partial charge in [0.15, 0.2) is 6.29 Å². The molecule has 12 heavy (non-hydrogen) atoms. The van der Waals surface area contributed by atoms with Crippen molar-refractivity contribution >= 4 is 12.4 Å². The van der Waals surface area contributed by atoms with E-state index in [4.69, 9.17) is 15.6 Å². The van der Waals surface area contributed by atoms with Crippen molar-refractivity contribution in [1.82, 2.24) is 0 Å². The summed E-state index contributed by atoms with van der Waals surface area (Å²) < 4.78 is 4.75. The first-order valence-electron chi connectivity index (χ1n) is 3.79. The van der Waals surface area contributed by atoms with E-state index < -0.39 is 6.29 Å². The normalized spacial score (nSPS) is 10.3. The van der Waals surface area contributed by atoms with Crippen LogP contribution in [0, 0.1) is 0 Å². The molecule has 0 radical (unpaired) electrons. The molecule has 0 saturated heterocycles. The van der Waals surface area contributed by atoms with E-state index in [1.807, 2.05) is 6.92 Å². The second-order valence-corrected chi connectivity index (χ2v) is 1.99. The van der Waals surface area contributed by atoms with Gasteiger partial charge in [-0.15, -0.1) is 19.0 Å². The third kappa shape index (κ3) is 32.6. The van der Waals surface area contributed by atoms with Gasteiger partial charge in [-0.3, -0.25) is 0 Å². The lowest BCUT2D eigenvalue weighted by molar-refractivity contribution is -0.0846. The molecule has 3 N–H and O–H groups in total. The Morgan fingerprint density at radius 2 is 2.08 bits per heavy atom. The third-order valence-corrected chi connectivity index (χ3v) is 0.730. The van der Waals surface area contributed by atoms with Gasteiger partial charge in [-0.1, -0.05) is 13.0 Å². The van der Waals surface area contributed by atoms with Crippen molar-refractivity contribution in [3.05, 3.63) is 12.7 Å². The van der Waals surface area contributed by atoms with Gasteiger partial charge < -0.3 is 15.6 Å². The van der Waals surface area contributed by atoms with Gasteiger partial charge in [0.1, 0.15) is 0 Å². The Morgan fingerprint density at radius 3 is 2.17 bits per heavy atom. The van der Waals surface area contributed by atoms with Gasteiger partial charge in [0.25, 0.3) is 0 Å². The standard InChI is InChI=1S/C5H12O2.C3H7N.ClH/c1-3-4-7-5(2)6;1-2-3-4;/h5-6H,3-4H2,1-2H3;2H,1,3-4H2;1H. The molecule has 0 aliphatic carbocycles. The zero-order chi connectivity index (χ0) is 9.11. The van der Waals surface area contributed by atoms with E-state index in [-0.39, 0.29) is 12.4 Å². The summed E-state index contributed by atoms with van der Waals surface area (Å²) in [4.78, 5) is 0. The zero-order valence-electron chi connectivity index (χ0n) is 7.82. The van der Waals surface area contributed by atoms with Gasteiger partial charge in [0.05, 0.1) is 0 Å². The first kappa shape index (κ1) is 17.9. The lowest BCUT2D eigenvalue weighted by atomic mass is 10.5. The molecule has 0 aromatic carbocycles. The van der Waals surface area contributed by atoms with Gasteiger partial charge in [-0.2, -0.15) is 0 Å². The SMILES string of the molecule is C=CCN.CCCOC(C)O.Cl. The van der Waals surface area contributed by atoms with E-state index in [0.29, 0.717) is 13.2 Å². The maximum absolute atomic E-state index is 8.46. The molecule has 0 aliphatic heterocycles. The molecule has 0 fully saturated rings. The van der Waals surface area contributed by atoms with E-state index in [9.17, 15) is 0 Å². The second-order valence-electron chi connectivity index (χ2n) is 1.99. The average molecular weight is 198 g/mol. The Balaban J connectivity index is -0.000000142. The van der Waals surface area contributed by atoms with Crippen molar-refractivity contribution in [3.63, 3.8) is 0 Å². The average Bonchev–Trinajstić information content (AvgIpc) is 2.01. The molecule has 0 saturated carbocycles. The highest BCUT2D eigenvalue weighted by Gasteiger charge is 1.88. The largest absolute Gasteiger partial charge is 0.368 e. The Morgan fingerprint density at radius 1 is 1.67 bits per heavy atom. The summed E-state index contributed by atoms with van der Waals surface area (Å²) in [5.41, 5.74) is 4.91. The van der Waals surface area contributed by atoms with E-state index in [1.54, 1.807) is 13.0 Å². The minimum atomic E-state index is -0.597. The molecule has 1 atom stereocenters. The van der Waals surface area contributed by atoms with Crippen molar-refractivity contribution in [2.24, 2.45) is 5.73 Å². The van der Waals surface area contributed by atoms with Crippen LogP contribution in [0.2, 0.25) is 0 Å². The second kappa shape index (κ2) is 17.1. The van der Waals surface area contributed by atoms with Crippen molar-refractivity contribution in [1.29, 1.82) is 0 Å². The van der Waals surface area contributed by atoms with Crippen LogP contribution >= 0.6 is 12.4 Å². The van der Waals surface area contributed by atoms with Crippen molar-refractivity contribution in [2.45, 2.75) is 26.6 Å². The summed E-state index contributed by atoms with van der Waals surface area (Å²) in [5, 5.41) is 8.46. The Kier molecular flexibility index (Phi) is 25.5. The van der Waals surface area contributed by atoms with Crippen LogP contribution in [0.25, 0.3) is 0 Å². The van der Waals surface area contributed by atoms with E-state index in [1.165, 1.54) is 0 Å². The summed E-state index contributed by atoms with van der Waals surface area (Å²) in [6.45, 7) is 8.20. The maximum atomic E-state index is 8.46. The highest BCUT2D eigenvalue weighted by atomic mass is 35.5. The van der Waals surface area contributed by atoms with E-state index >= 15 is 0 Å². The highest BCUT2D eigenvalue weighted by molar-refractivity contribution is 5.85. The van der Waals surface area contributed by atoms with Gasteiger partial charge in [0.2, 0.25) is 0 Å². The Labute approximate surface area is 81.0 Å². The van der Waals surface area contributed by atoms with Gasteiger partial charge >= 0.3 is 0 Å². The molecular formula is C8H20ClNO2. The van der Waals surface area contributed by atoms with Crippen LogP contribution < -0.4 is 5.73 Å². The minimum absolute atomic E-state index is 0. The van der Waals surface area contributed by atoms with Gasteiger partial charge in [-0.25, -0.2) is 0 Å². The molecule has 76 valence electrons. The van der Waals surface area contributed by atoms with Gasteiger partial charge in [0, 0.05) is 13.2 Å². The fraction of sp³-hybridized carbons (Fsp3) is 0.750. The van der Waals surface area contributed by atoms with Crippen molar-refractivity contribution in [2.75, 3.05) is 13.2 Å². The summed E-state index contributed by atoms with van der Waals surface area (Å²) in [6, 6.07) is 0. The summed E-state index contributed by atoms with van der Waals surface area (Å²) in [5.74, 6) is 0. The van der Waals surface area contributed by atoms with Gasteiger partial charge in [-0.05, 0) is 13.3 Å². The number of aliphatic hydroxyl groups excluding tert-OH is 1. The monoisotopic (exact) mass is 197 g/mol. The Hall–Kier alpha value is -0.0900. The van der Waals surface area contributed by atoms with Crippen LogP contribution in [-0.4, -0.2) is 24.5 Å². The first-order chi connectivity index (χ1) is 5.18. The van der Waals surface area contributed by atoms with Crippen LogP contribution in [0.1, 0.15) is 20.3 Å². The van der Waals surface area contributed by atoms with Crippen molar-refractivity contribution in [3.8, 4) is 0 Å². The molecule has 0 aliphatic rings. The number of halogens is 1. The summed E-state index contributed by atoms with van der Waals surface area (Å²) in [7, 11) is 0. The minimum Gasteiger partial charge on any atom is -0.368 e.